The number of fused-ring (bicyclic) bond motifs is 7. The van der Waals surface area contributed by atoms with Crippen molar-refractivity contribution in [2.45, 2.75) is 211 Å². The lowest BCUT2D eigenvalue weighted by atomic mass is 9.33. The molecule has 8 rings (SSSR count). The molecular formula is C48H78O19. The van der Waals surface area contributed by atoms with E-state index in [-0.39, 0.29) is 58.0 Å². The highest BCUT2D eigenvalue weighted by Gasteiger charge is 2.70. The Morgan fingerprint density at radius 1 is 0.657 bits per heavy atom. The second-order valence-electron chi connectivity index (χ2n) is 23.4. The van der Waals surface area contributed by atoms with E-state index in [2.05, 4.69) is 40.7 Å². The summed E-state index contributed by atoms with van der Waals surface area (Å²) in [6.45, 7) is 13.6. The largest absolute Gasteiger partial charge is 0.479 e. The van der Waals surface area contributed by atoms with Gasteiger partial charge in [-0.1, -0.05) is 53.2 Å². The van der Waals surface area contributed by atoms with Crippen LogP contribution in [0.1, 0.15) is 106 Å². The van der Waals surface area contributed by atoms with Crippen LogP contribution in [0.3, 0.4) is 0 Å². The summed E-state index contributed by atoms with van der Waals surface area (Å²) >= 11 is 0. The fourth-order valence-corrected chi connectivity index (χ4v) is 15.1. The summed E-state index contributed by atoms with van der Waals surface area (Å²) < 4.78 is 36.1. The van der Waals surface area contributed by atoms with Crippen LogP contribution in [0.4, 0.5) is 0 Å². The Morgan fingerprint density at radius 2 is 1.30 bits per heavy atom. The van der Waals surface area contributed by atoms with Gasteiger partial charge in [0.15, 0.2) is 25.0 Å². The second-order valence-corrected chi connectivity index (χ2v) is 23.4. The predicted octanol–water partition coefficient (Wildman–Crippen LogP) is -0.323. The summed E-state index contributed by atoms with van der Waals surface area (Å²) in [7, 11) is 0. The first kappa shape index (κ1) is 51.9. The maximum absolute atomic E-state index is 12.5. The van der Waals surface area contributed by atoms with E-state index in [0.29, 0.717) is 25.7 Å². The third-order valence-electron chi connectivity index (χ3n) is 19.8. The molecule has 3 saturated heterocycles. The van der Waals surface area contributed by atoms with Gasteiger partial charge in [0, 0.05) is 17.4 Å². The average Bonchev–Trinajstić information content (AvgIpc) is 3.28. The number of rotatable bonds is 10. The molecule has 0 aromatic heterocycles. The number of aliphatic carboxylic acids is 1. The molecule has 0 aromatic carbocycles. The molecule has 3 aliphatic heterocycles. The number of carbonyl (C=O) groups is 1. The molecule has 26 atom stereocenters. The Labute approximate surface area is 392 Å². The number of aliphatic hydroxyl groups excluding tert-OH is 11. The zero-order valence-corrected chi connectivity index (χ0v) is 39.8. The van der Waals surface area contributed by atoms with Crippen molar-refractivity contribution >= 4 is 5.97 Å². The number of hydrogen-bond donors (Lipinski definition) is 12. The normalized spacial score (nSPS) is 56.7. The van der Waals surface area contributed by atoms with Crippen molar-refractivity contribution in [1.82, 2.24) is 0 Å². The Hall–Kier alpha value is -1.47. The van der Waals surface area contributed by atoms with Crippen LogP contribution in [-0.4, -0.2) is 191 Å². The maximum atomic E-state index is 12.5. The van der Waals surface area contributed by atoms with Gasteiger partial charge in [-0.3, -0.25) is 0 Å². The zero-order chi connectivity index (χ0) is 49.1. The molecule has 26 unspecified atom stereocenters. The molecule has 0 amide bonds. The molecule has 5 aliphatic carbocycles. The Balaban J connectivity index is 1.08. The number of aliphatic hydroxyl groups is 11. The summed E-state index contributed by atoms with van der Waals surface area (Å²) in [5.41, 5.74) is -1.03. The first-order valence-electron chi connectivity index (χ1n) is 24.4. The van der Waals surface area contributed by atoms with Gasteiger partial charge in [-0.15, -0.1) is 0 Å². The van der Waals surface area contributed by atoms with E-state index in [9.17, 15) is 66.1 Å². The molecule has 19 heteroatoms. The van der Waals surface area contributed by atoms with Crippen molar-refractivity contribution in [3.05, 3.63) is 11.6 Å². The lowest BCUT2D eigenvalue weighted by Gasteiger charge is -2.72. The van der Waals surface area contributed by atoms with Crippen molar-refractivity contribution in [1.29, 1.82) is 0 Å². The van der Waals surface area contributed by atoms with Gasteiger partial charge in [0.1, 0.15) is 61.0 Å². The lowest BCUT2D eigenvalue weighted by molar-refractivity contribution is -0.396. The lowest BCUT2D eigenvalue weighted by Crippen LogP contribution is -2.68. The van der Waals surface area contributed by atoms with Crippen molar-refractivity contribution in [3.63, 3.8) is 0 Å². The number of ether oxygens (including phenoxy) is 6. The smallest absolute Gasteiger partial charge is 0.335 e. The molecule has 0 aromatic rings. The highest BCUT2D eigenvalue weighted by Crippen LogP contribution is 2.76. The second kappa shape index (κ2) is 18.2. The Morgan fingerprint density at radius 3 is 1.93 bits per heavy atom. The van der Waals surface area contributed by atoms with Crippen LogP contribution in [0.5, 0.6) is 0 Å². The monoisotopic (exact) mass is 959 g/mol. The van der Waals surface area contributed by atoms with Crippen LogP contribution >= 0.6 is 0 Å². The van der Waals surface area contributed by atoms with Gasteiger partial charge in [-0.25, -0.2) is 4.79 Å². The van der Waals surface area contributed by atoms with Gasteiger partial charge < -0.3 is 89.7 Å². The summed E-state index contributed by atoms with van der Waals surface area (Å²) in [5, 5.41) is 131. The third kappa shape index (κ3) is 8.01. The summed E-state index contributed by atoms with van der Waals surface area (Å²) in [6.07, 6.45) is -19.0. The van der Waals surface area contributed by atoms with E-state index in [1.165, 1.54) is 12.5 Å². The Bertz CT molecular complexity index is 1840. The van der Waals surface area contributed by atoms with Crippen molar-refractivity contribution < 1.29 is 94.5 Å². The van der Waals surface area contributed by atoms with E-state index in [0.717, 1.165) is 32.1 Å². The van der Waals surface area contributed by atoms with Gasteiger partial charge in [0.2, 0.25) is 0 Å². The van der Waals surface area contributed by atoms with Gasteiger partial charge in [-0.2, -0.15) is 0 Å². The molecule has 0 spiro atoms. The number of carboxylic acids is 1. The topological polar surface area (TPSA) is 315 Å². The molecule has 19 nitrogen and oxygen atoms in total. The molecule has 67 heavy (non-hydrogen) atoms. The Kier molecular flexibility index (Phi) is 14.1. The molecule has 0 bridgehead atoms. The molecule has 384 valence electrons. The SMILES string of the molecule is CC1OC(OC2C(OC3C(OC4CCC5(C)C(CCC6(C)C5CC=C5C7CC(C)(CO)CCC7(C)C(O)CC56C)C4(C)CO)OC(C(=O)O)C(O)C3O)OC(CO)C(O)C2O)C(O)C(O)C1O. The third-order valence-corrected chi connectivity index (χ3v) is 19.8. The fraction of sp³-hybridized carbons (Fsp3) is 0.938. The first-order valence-corrected chi connectivity index (χ1v) is 24.4. The van der Waals surface area contributed by atoms with Gasteiger partial charge in [0.05, 0.1) is 31.5 Å². The molecule has 4 saturated carbocycles. The van der Waals surface area contributed by atoms with E-state index in [1.807, 2.05) is 6.92 Å². The highest BCUT2D eigenvalue weighted by atomic mass is 16.8. The van der Waals surface area contributed by atoms with E-state index in [4.69, 9.17) is 28.4 Å². The van der Waals surface area contributed by atoms with Crippen LogP contribution < -0.4 is 0 Å². The van der Waals surface area contributed by atoms with Crippen molar-refractivity contribution in [2.24, 2.45) is 50.2 Å². The van der Waals surface area contributed by atoms with Crippen molar-refractivity contribution in [3.8, 4) is 0 Å². The van der Waals surface area contributed by atoms with E-state index < -0.39 is 122 Å². The summed E-state index contributed by atoms with van der Waals surface area (Å²) in [6, 6.07) is 0. The minimum Gasteiger partial charge on any atom is -0.479 e. The molecule has 8 aliphatic rings. The van der Waals surface area contributed by atoms with Gasteiger partial charge in [-0.05, 0) is 104 Å². The van der Waals surface area contributed by atoms with Crippen LogP contribution in [0.25, 0.3) is 0 Å². The van der Waals surface area contributed by atoms with Crippen molar-refractivity contribution in [2.75, 3.05) is 19.8 Å². The summed E-state index contributed by atoms with van der Waals surface area (Å²) in [5.74, 6) is -1.49. The van der Waals surface area contributed by atoms with E-state index >= 15 is 0 Å². The average molecular weight is 959 g/mol. The predicted molar refractivity (Wildman–Crippen MR) is 232 cm³/mol. The van der Waals surface area contributed by atoms with E-state index in [1.54, 1.807) is 0 Å². The minimum atomic E-state index is -2.09. The molecular weight excluding hydrogens is 881 g/mol. The van der Waals surface area contributed by atoms with Crippen LogP contribution in [0.15, 0.2) is 11.6 Å². The fourth-order valence-electron chi connectivity index (χ4n) is 15.1. The number of hydrogen-bond acceptors (Lipinski definition) is 18. The molecule has 7 fully saturated rings. The van der Waals surface area contributed by atoms with Crippen LogP contribution in [-0.2, 0) is 33.2 Å². The maximum Gasteiger partial charge on any atom is 0.335 e. The highest BCUT2D eigenvalue weighted by molar-refractivity contribution is 5.73. The number of carboxylic acid groups (broad SMARTS) is 1. The molecule has 12 N–H and O–H groups in total. The van der Waals surface area contributed by atoms with Crippen LogP contribution in [0, 0.1) is 50.2 Å². The quantitative estimate of drug-likeness (QED) is 0.0986. The summed E-state index contributed by atoms with van der Waals surface area (Å²) in [4.78, 5) is 12.5. The standard InChI is InChI=1S/C48H78O19/c1-21-29(53)31(55)35(59)40(62-21)66-37-32(56)30(54)24(18-49)63-41(37)67-38-34(58)33(57)36(39(60)61)65-42(38)64-28-11-12-45(4)25(46(28,5)20-51)10-13-47(6)26(45)9-8-22-23-16-43(2,19-50)14-15-44(23,3)27(52)17-48(22,47)7/h8,21,23-38,40-42,49-59H,9-20H2,1-7H3,(H,60,61). The minimum absolute atomic E-state index is 0.0940. The zero-order valence-electron chi connectivity index (χ0n) is 39.8. The van der Waals surface area contributed by atoms with Gasteiger partial charge in [0.25, 0.3) is 0 Å². The molecule has 3 heterocycles. The molecule has 0 radical (unpaired) electrons. The first-order chi connectivity index (χ1) is 31.3. The number of allylic oxidation sites excluding steroid dienone is 2. The van der Waals surface area contributed by atoms with Gasteiger partial charge >= 0.3 is 5.97 Å². The van der Waals surface area contributed by atoms with Crippen LogP contribution in [0.2, 0.25) is 0 Å².